The zero-order chi connectivity index (χ0) is 27.7. The van der Waals surface area contributed by atoms with Crippen LogP contribution in [-0.4, -0.2) is 74.4 Å². The fraction of sp³-hybridized carbons (Fsp3) is 0.692. The molecule has 1 aromatic rings. The van der Waals surface area contributed by atoms with Crippen molar-refractivity contribution < 1.29 is 27.5 Å². The zero-order valence-corrected chi connectivity index (χ0v) is 23.8. The Balaban J connectivity index is 0.000000294. The van der Waals surface area contributed by atoms with Crippen molar-refractivity contribution in [3.8, 4) is 0 Å². The van der Waals surface area contributed by atoms with E-state index in [4.69, 9.17) is 9.47 Å². The summed E-state index contributed by atoms with van der Waals surface area (Å²) in [4.78, 5) is 23.4. The summed E-state index contributed by atoms with van der Waals surface area (Å²) in [5.74, 6) is 0. The van der Waals surface area contributed by atoms with Crippen LogP contribution in [0.25, 0.3) is 0 Å². The highest BCUT2D eigenvalue weighted by atomic mass is 32.2. The second-order valence-electron chi connectivity index (χ2n) is 11.3. The Morgan fingerprint density at radius 1 is 0.811 bits per heavy atom. The van der Waals surface area contributed by atoms with Crippen LogP contribution < -0.4 is 16.0 Å². The van der Waals surface area contributed by atoms with Crippen LogP contribution in [0.4, 0.5) is 9.59 Å². The van der Waals surface area contributed by atoms with E-state index in [1.165, 1.54) is 4.31 Å². The third-order valence-corrected chi connectivity index (χ3v) is 7.53. The van der Waals surface area contributed by atoms with Crippen LogP contribution in [0.5, 0.6) is 0 Å². The van der Waals surface area contributed by atoms with E-state index in [0.29, 0.717) is 30.8 Å². The summed E-state index contributed by atoms with van der Waals surface area (Å²) in [7, 11) is -3.45. The lowest BCUT2D eigenvalue weighted by atomic mass is 10.1. The Morgan fingerprint density at radius 2 is 1.24 bits per heavy atom. The maximum atomic E-state index is 12.5. The number of sulfonamides is 1. The van der Waals surface area contributed by atoms with E-state index in [1.807, 2.05) is 41.5 Å². The minimum atomic E-state index is -3.45. The first-order chi connectivity index (χ1) is 17.2. The van der Waals surface area contributed by atoms with Crippen LogP contribution >= 0.6 is 0 Å². The molecule has 0 bridgehead atoms. The molecule has 0 spiro atoms. The van der Waals surface area contributed by atoms with Crippen molar-refractivity contribution in [2.75, 3.05) is 26.2 Å². The van der Waals surface area contributed by atoms with Gasteiger partial charge in [0.05, 0.1) is 4.90 Å². The van der Waals surface area contributed by atoms with Gasteiger partial charge in [-0.25, -0.2) is 18.0 Å². The molecule has 210 valence electrons. The smallest absolute Gasteiger partial charge is 0.407 e. The van der Waals surface area contributed by atoms with Gasteiger partial charge in [0.25, 0.3) is 0 Å². The zero-order valence-electron chi connectivity index (χ0n) is 23.0. The van der Waals surface area contributed by atoms with Crippen LogP contribution in [0.3, 0.4) is 0 Å². The maximum absolute atomic E-state index is 12.5. The summed E-state index contributed by atoms with van der Waals surface area (Å²) >= 11 is 0. The third-order valence-electron chi connectivity index (χ3n) is 5.62. The Morgan fingerprint density at radius 3 is 1.68 bits per heavy atom. The molecule has 0 atom stereocenters. The second kappa shape index (κ2) is 13.4. The first-order valence-electron chi connectivity index (χ1n) is 12.9. The summed E-state index contributed by atoms with van der Waals surface area (Å²) in [6.07, 6.45) is 2.36. The molecule has 10 nitrogen and oxygen atoms in total. The molecule has 0 unspecified atom stereocenters. The standard InChI is InChI=1S/C16H24N2O4S.C10H20N2O2/c1-16(2,3)22-15(19)17-13-9-11-18(12-10-13)23(20,21)14-7-5-4-6-8-14;1-10(2,3)14-9(13)12-8-4-6-11-7-5-8/h4-8,13H,9-12H2,1-3H3,(H,17,19);8,11H,4-7H2,1-3H3,(H,12,13). The Hall–Kier alpha value is -2.37. The molecule has 2 aliphatic heterocycles. The van der Waals surface area contributed by atoms with Gasteiger partial charge in [-0.2, -0.15) is 4.31 Å². The van der Waals surface area contributed by atoms with E-state index >= 15 is 0 Å². The number of carbonyl (C=O) groups is 2. The van der Waals surface area contributed by atoms with Crippen molar-refractivity contribution in [3.63, 3.8) is 0 Å². The Bertz CT molecular complexity index is 959. The van der Waals surface area contributed by atoms with Gasteiger partial charge in [0.15, 0.2) is 0 Å². The predicted molar refractivity (Wildman–Crippen MR) is 143 cm³/mol. The van der Waals surface area contributed by atoms with Crippen molar-refractivity contribution in [3.05, 3.63) is 30.3 Å². The van der Waals surface area contributed by atoms with Gasteiger partial charge in [-0.15, -0.1) is 0 Å². The highest BCUT2D eigenvalue weighted by molar-refractivity contribution is 7.89. The van der Waals surface area contributed by atoms with Gasteiger partial charge in [0.1, 0.15) is 11.2 Å². The van der Waals surface area contributed by atoms with Crippen LogP contribution in [0, 0.1) is 0 Å². The molecular formula is C26H44N4O6S. The third kappa shape index (κ3) is 11.7. The monoisotopic (exact) mass is 540 g/mol. The summed E-state index contributed by atoms with van der Waals surface area (Å²) in [5.41, 5.74) is -0.946. The average Bonchev–Trinajstić information content (AvgIpc) is 2.78. The van der Waals surface area contributed by atoms with E-state index in [-0.39, 0.29) is 18.2 Å². The number of amides is 2. The first kappa shape index (κ1) is 30.9. The van der Waals surface area contributed by atoms with E-state index < -0.39 is 27.3 Å². The molecule has 2 fully saturated rings. The van der Waals surface area contributed by atoms with Gasteiger partial charge in [0.2, 0.25) is 10.0 Å². The molecule has 2 heterocycles. The lowest BCUT2D eigenvalue weighted by Crippen LogP contribution is -2.47. The number of hydrogen-bond acceptors (Lipinski definition) is 7. The van der Waals surface area contributed by atoms with Crippen LogP contribution in [0.15, 0.2) is 35.2 Å². The average molecular weight is 541 g/mol. The number of alkyl carbamates (subject to hydrolysis) is 2. The van der Waals surface area contributed by atoms with E-state index in [9.17, 15) is 18.0 Å². The highest BCUT2D eigenvalue weighted by Gasteiger charge is 2.30. The molecule has 1 aromatic carbocycles. The number of piperidine rings is 2. The van der Waals surface area contributed by atoms with Gasteiger partial charge < -0.3 is 25.4 Å². The molecule has 2 saturated heterocycles. The summed E-state index contributed by atoms with van der Waals surface area (Å²) < 4.78 is 36.9. The number of rotatable bonds is 4. The van der Waals surface area contributed by atoms with Crippen LogP contribution in [0.1, 0.15) is 67.2 Å². The second-order valence-corrected chi connectivity index (χ2v) is 13.2. The van der Waals surface area contributed by atoms with Crippen LogP contribution in [-0.2, 0) is 19.5 Å². The fourth-order valence-corrected chi connectivity index (χ4v) is 5.39. The highest BCUT2D eigenvalue weighted by Crippen LogP contribution is 2.21. The van der Waals surface area contributed by atoms with Crippen LogP contribution in [0.2, 0.25) is 0 Å². The molecule has 0 aromatic heterocycles. The van der Waals surface area contributed by atoms with Gasteiger partial charge in [0, 0.05) is 25.2 Å². The van der Waals surface area contributed by atoms with Gasteiger partial charge in [-0.05, 0) is 92.4 Å². The van der Waals surface area contributed by atoms with E-state index in [0.717, 1.165) is 25.9 Å². The summed E-state index contributed by atoms with van der Waals surface area (Å²) in [5, 5.41) is 8.92. The predicted octanol–water partition coefficient (Wildman–Crippen LogP) is 3.63. The van der Waals surface area contributed by atoms with E-state index in [2.05, 4.69) is 16.0 Å². The first-order valence-corrected chi connectivity index (χ1v) is 14.3. The molecule has 37 heavy (non-hydrogen) atoms. The SMILES string of the molecule is CC(C)(C)OC(=O)NC1CCN(S(=O)(=O)c2ccccc2)CC1.CC(C)(C)OC(=O)NC1CCNCC1. The van der Waals surface area contributed by atoms with Gasteiger partial charge >= 0.3 is 12.2 Å². The summed E-state index contributed by atoms with van der Waals surface area (Å²) in [6.45, 7) is 13.8. The number of benzene rings is 1. The minimum Gasteiger partial charge on any atom is -0.444 e. The normalized spacial score (nSPS) is 18.2. The van der Waals surface area contributed by atoms with Gasteiger partial charge in [-0.3, -0.25) is 0 Å². The van der Waals surface area contributed by atoms with Crippen molar-refractivity contribution in [1.29, 1.82) is 0 Å². The molecule has 0 radical (unpaired) electrons. The van der Waals surface area contributed by atoms with Crippen molar-refractivity contribution >= 4 is 22.2 Å². The largest absolute Gasteiger partial charge is 0.444 e. The van der Waals surface area contributed by atoms with Gasteiger partial charge in [-0.1, -0.05) is 18.2 Å². The van der Waals surface area contributed by atoms with Crippen molar-refractivity contribution in [2.45, 2.75) is 95.4 Å². The molecule has 0 saturated carbocycles. The van der Waals surface area contributed by atoms with Crippen molar-refractivity contribution in [1.82, 2.24) is 20.3 Å². The number of ether oxygens (including phenoxy) is 2. The Kier molecular flexibility index (Phi) is 11.2. The molecular weight excluding hydrogens is 496 g/mol. The van der Waals surface area contributed by atoms with Crippen molar-refractivity contribution in [2.24, 2.45) is 0 Å². The fourth-order valence-electron chi connectivity index (χ4n) is 3.90. The minimum absolute atomic E-state index is 0.0629. The number of nitrogens with one attached hydrogen (secondary N) is 3. The quantitative estimate of drug-likeness (QED) is 0.532. The maximum Gasteiger partial charge on any atom is 0.407 e. The topological polar surface area (TPSA) is 126 Å². The Labute approximate surface area is 221 Å². The van der Waals surface area contributed by atoms with E-state index in [1.54, 1.807) is 30.3 Å². The number of nitrogens with zero attached hydrogens (tertiary/aromatic N) is 1. The molecule has 2 amide bonds. The lowest BCUT2D eigenvalue weighted by molar-refractivity contribution is 0.0480. The molecule has 0 aliphatic carbocycles. The summed E-state index contributed by atoms with van der Waals surface area (Å²) in [6, 6.07) is 8.61. The lowest BCUT2D eigenvalue weighted by Gasteiger charge is -2.32. The molecule has 2 aliphatic rings. The number of hydrogen-bond donors (Lipinski definition) is 3. The number of carbonyl (C=O) groups excluding carboxylic acids is 2. The molecule has 3 rings (SSSR count). The molecule has 3 N–H and O–H groups in total. The molecule has 11 heteroatoms.